The predicted molar refractivity (Wildman–Crippen MR) is 119 cm³/mol. The maximum absolute atomic E-state index is 14.0. The van der Waals surface area contributed by atoms with Crippen molar-refractivity contribution in [3.8, 4) is 17.0 Å². The number of amides is 1. The first-order chi connectivity index (χ1) is 15.8. The summed E-state index contributed by atoms with van der Waals surface area (Å²) in [5, 5.41) is 14.5. The number of nitrogens with zero attached hydrogens (tertiary/aromatic N) is 3. The molecule has 0 bridgehead atoms. The van der Waals surface area contributed by atoms with Gasteiger partial charge < -0.3 is 10.0 Å². The van der Waals surface area contributed by atoms with Crippen molar-refractivity contribution in [2.75, 3.05) is 13.1 Å². The molecule has 2 aliphatic carbocycles. The lowest BCUT2D eigenvalue weighted by Crippen LogP contribution is -2.64. The van der Waals surface area contributed by atoms with Gasteiger partial charge >= 0.3 is 0 Å². The Morgan fingerprint density at radius 2 is 1.85 bits per heavy atom. The van der Waals surface area contributed by atoms with Crippen molar-refractivity contribution in [2.24, 2.45) is 5.41 Å². The minimum absolute atomic E-state index is 0.0509. The van der Waals surface area contributed by atoms with Crippen LogP contribution in [0.2, 0.25) is 0 Å². The lowest BCUT2D eigenvalue weighted by atomic mass is 9.60. The smallest absolute Gasteiger partial charge is 0.257 e. The van der Waals surface area contributed by atoms with Crippen molar-refractivity contribution in [2.45, 2.75) is 44.6 Å². The lowest BCUT2D eigenvalue weighted by molar-refractivity contribution is -0.0745. The highest BCUT2D eigenvalue weighted by Gasteiger charge is 2.55. The summed E-state index contributed by atoms with van der Waals surface area (Å²) in [5.41, 5.74) is 3.84. The molecule has 7 heteroatoms. The molecule has 3 fully saturated rings. The summed E-state index contributed by atoms with van der Waals surface area (Å²) in [4.78, 5) is 14.3. The molecule has 170 valence electrons. The van der Waals surface area contributed by atoms with Gasteiger partial charge in [-0.1, -0.05) is 6.07 Å². The summed E-state index contributed by atoms with van der Waals surface area (Å²) in [6, 6.07) is 10.7. The van der Waals surface area contributed by atoms with Crippen molar-refractivity contribution in [1.82, 2.24) is 14.7 Å². The number of rotatable bonds is 4. The summed E-state index contributed by atoms with van der Waals surface area (Å²) in [5.74, 6) is -0.850. The molecular weight excluding hydrogens is 424 g/mol. The Kier molecular flexibility index (Phi) is 4.41. The highest BCUT2D eigenvalue weighted by Crippen LogP contribution is 2.56. The highest BCUT2D eigenvalue weighted by molar-refractivity contribution is 5.95. The number of benzene rings is 2. The third-order valence-electron chi connectivity index (χ3n) is 7.44. The van der Waals surface area contributed by atoms with Crippen LogP contribution in [0.4, 0.5) is 8.78 Å². The van der Waals surface area contributed by atoms with Crippen LogP contribution in [-0.2, 0) is 0 Å². The van der Waals surface area contributed by atoms with Crippen LogP contribution in [0.25, 0.3) is 11.3 Å². The van der Waals surface area contributed by atoms with E-state index in [2.05, 4.69) is 10.7 Å². The Morgan fingerprint density at radius 1 is 1.09 bits per heavy atom. The summed E-state index contributed by atoms with van der Waals surface area (Å²) in [6.45, 7) is 3.15. The second kappa shape index (κ2) is 7.14. The summed E-state index contributed by atoms with van der Waals surface area (Å²) in [7, 11) is 0. The average Bonchev–Trinajstić information content (AvgIpc) is 3.49. The van der Waals surface area contributed by atoms with Gasteiger partial charge in [-0.05, 0) is 74.6 Å². The second-order valence-electron chi connectivity index (χ2n) is 10.0. The second-order valence-corrected chi connectivity index (χ2v) is 10.0. The van der Waals surface area contributed by atoms with Gasteiger partial charge in [0.05, 0.1) is 17.3 Å². The van der Waals surface area contributed by atoms with E-state index in [0.29, 0.717) is 19.0 Å². The fourth-order valence-electron chi connectivity index (χ4n) is 5.51. The number of hydrogen-bond donors (Lipinski definition) is 1. The number of aryl methyl sites for hydroxylation is 1. The molecule has 0 atom stereocenters. The Morgan fingerprint density at radius 3 is 2.58 bits per heavy atom. The molecule has 0 radical (unpaired) electrons. The van der Waals surface area contributed by atoms with Crippen LogP contribution in [0.5, 0.6) is 5.75 Å². The van der Waals surface area contributed by atoms with Gasteiger partial charge in [0, 0.05) is 35.7 Å². The molecule has 1 spiro atoms. The molecule has 1 amide bonds. The van der Waals surface area contributed by atoms with Crippen molar-refractivity contribution in [3.63, 3.8) is 0 Å². The number of halogens is 2. The number of aromatic nitrogens is 2. The molecular formula is C26H25F2N3O2. The summed E-state index contributed by atoms with van der Waals surface area (Å²) >= 11 is 0. The van der Waals surface area contributed by atoms with E-state index in [9.17, 15) is 18.7 Å². The Hall–Kier alpha value is -3.22. The number of carbonyl (C=O) groups is 1. The fourth-order valence-corrected chi connectivity index (χ4v) is 5.51. The number of hydrogen-bond acceptors (Lipinski definition) is 3. The van der Waals surface area contributed by atoms with Gasteiger partial charge in [-0.15, -0.1) is 0 Å². The van der Waals surface area contributed by atoms with Crippen LogP contribution in [0.3, 0.4) is 0 Å². The van der Waals surface area contributed by atoms with Crippen LogP contribution >= 0.6 is 0 Å². The third kappa shape index (κ3) is 3.41. The lowest BCUT2D eigenvalue weighted by Gasteiger charge is -2.59. The van der Waals surface area contributed by atoms with Crippen LogP contribution in [0.1, 0.15) is 59.3 Å². The predicted octanol–water partition coefficient (Wildman–Crippen LogP) is 5.20. The molecule has 1 saturated heterocycles. The first kappa shape index (κ1) is 20.4. The zero-order valence-corrected chi connectivity index (χ0v) is 18.4. The Balaban J connectivity index is 1.18. The van der Waals surface area contributed by atoms with Gasteiger partial charge in [-0.25, -0.2) is 8.78 Å². The number of phenolic OH excluding ortho intramolecular Hbond substituents is 1. The van der Waals surface area contributed by atoms with E-state index >= 15 is 0 Å². The molecule has 1 N–H and O–H groups in total. The molecule has 33 heavy (non-hydrogen) atoms. The molecule has 3 aliphatic rings. The van der Waals surface area contributed by atoms with Crippen molar-refractivity contribution in [1.29, 1.82) is 0 Å². The summed E-state index contributed by atoms with van der Waals surface area (Å²) < 4.78 is 30.1. The minimum Gasteiger partial charge on any atom is -0.508 e. The third-order valence-corrected chi connectivity index (χ3v) is 7.44. The van der Waals surface area contributed by atoms with E-state index in [1.54, 1.807) is 17.0 Å². The molecule has 0 unspecified atom stereocenters. The van der Waals surface area contributed by atoms with E-state index in [-0.39, 0.29) is 34.5 Å². The zero-order chi connectivity index (χ0) is 22.9. The molecule has 1 aromatic heterocycles. The standard InChI is InChI=1S/C26H25F2N3O2/c1-15-2-5-17(27)8-20(15)23-10-24(16-3-4-16)31(29-23)18-11-26(12-18)13-30(14-26)25(33)21-9-19(32)6-7-22(21)28/h2,5-10,16,18,32H,3-4,11-14H2,1H3. The van der Waals surface area contributed by atoms with Crippen LogP contribution in [0.15, 0.2) is 42.5 Å². The topological polar surface area (TPSA) is 58.4 Å². The number of phenols is 1. The van der Waals surface area contributed by atoms with Crippen molar-refractivity contribution < 1.29 is 18.7 Å². The molecule has 2 saturated carbocycles. The van der Waals surface area contributed by atoms with Gasteiger partial charge in [0.25, 0.3) is 5.91 Å². The van der Waals surface area contributed by atoms with Crippen LogP contribution in [-0.4, -0.2) is 38.8 Å². The molecule has 6 rings (SSSR count). The zero-order valence-electron chi connectivity index (χ0n) is 18.4. The quantitative estimate of drug-likeness (QED) is 0.596. The molecule has 3 aromatic rings. The Labute approximate surface area is 190 Å². The largest absolute Gasteiger partial charge is 0.508 e. The average molecular weight is 450 g/mol. The molecule has 1 aliphatic heterocycles. The van der Waals surface area contributed by atoms with Gasteiger partial charge in [0.1, 0.15) is 17.4 Å². The molecule has 2 heterocycles. The van der Waals surface area contributed by atoms with Gasteiger partial charge in [-0.3, -0.25) is 9.48 Å². The van der Waals surface area contributed by atoms with Gasteiger partial charge in [0.2, 0.25) is 0 Å². The number of likely N-dealkylation sites (tertiary alicyclic amines) is 1. The first-order valence-corrected chi connectivity index (χ1v) is 11.5. The Bertz CT molecular complexity index is 1270. The summed E-state index contributed by atoms with van der Waals surface area (Å²) in [6.07, 6.45) is 4.15. The van der Waals surface area contributed by atoms with E-state index in [1.807, 2.05) is 6.92 Å². The SMILES string of the molecule is Cc1ccc(F)cc1-c1cc(C2CC2)n(C2CC3(C2)CN(C(=O)c2cc(O)ccc2F)C3)n1. The van der Waals surface area contributed by atoms with E-state index in [1.165, 1.54) is 23.9 Å². The first-order valence-electron chi connectivity index (χ1n) is 11.5. The molecule has 2 aromatic carbocycles. The fraction of sp³-hybridized carbons (Fsp3) is 0.385. The van der Waals surface area contributed by atoms with E-state index < -0.39 is 5.82 Å². The molecule has 5 nitrogen and oxygen atoms in total. The van der Waals surface area contributed by atoms with Crippen LogP contribution in [0, 0.1) is 24.0 Å². The normalized spacial score (nSPS) is 19.4. The number of aromatic hydroxyl groups is 1. The van der Waals surface area contributed by atoms with Crippen molar-refractivity contribution >= 4 is 5.91 Å². The highest BCUT2D eigenvalue weighted by atomic mass is 19.1. The van der Waals surface area contributed by atoms with Crippen molar-refractivity contribution in [3.05, 3.63) is 70.9 Å². The van der Waals surface area contributed by atoms with Crippen LogP contribution < -0.4 is 0 Å². The van der Waals surface area contributed by atoms with Gasteiger partial charge in [0.15, 0.2) is 0 Å². The maximum atomic E-state index is 14.0. The monoisotopic (exact) mass is 449 g/mol. The van der Waals surface area contributed by atoms with E-state index in [0.717, 1.165) is 48.6 Å². The van der Waals surface area contributed by atoms with Gasteiger partial charge in [-0.2, -0.15) is 5.10 Å². The minimum atomic E-state index is -0.615. The maximum Gasteiger partial charge on any atom is 0.257 e. The van der Waals surface area contributed by atoms with E-state index in [4.69, 9.17) is 5.10 Å². The number of carbonyl (C=O) groups excluding carboxylic acids is 1.